The Bertz CT molecular complexity index is 894. The van der Waals surface area contributed by atoms with Crippen molar-refractivity contribution in [3.63, 3.8) is 0 Å². The first kappa shape index (κ1) is 19.4. The average molecular weight is 400 g/mol. The molecule has 1 unspecified atom stereocenters. The Labute approximate surface area is 171 Å². The van der Waals surface area contributed by atoms with E-state index in [4.69, 9.17) is 28.4 Å². The summed E-state index contributed by atoms with van der Waals surface area (Å²) in [4.78, 5) is 0. The lowest BCUT2D eigenvalue weighted by molar-refractivity contribution is -0.236. The first-order valence-corrected chi connectivity index (χ1v) is 10.2. The van der Waals surface area contributed by atoms with Crippen molar-refractivity contribution in [1.82, 2.24) is 0 Å². The van der Waals surface area contributed by atoms with Crippen LogP contribution in [0.3, 0.4) is 0 Å². The second-order valence-corrected chi connectivity index (χ2v) is 8.89. The van der Waals surface area contributed by atoms with E-state index in [1.54, 1.807) is 0 Å². The van der Waals surface area contributed by atoms with Gasteiger partial charge in [-0.25, -0.2) is 0 Å². The van der Waals surface area contributed by atoms with Gasteiger partial charge in [-0.05, 0) is 50.1 Å². The van der Waals surface area contributed by atoms with Gasteiger partial charge in [0.2, 0.25) is 0 Å². The van der Waals surface area contributed by atoms with Crippen molar-refractivity contribution in [1.29, 1.82) is 0 Å². The van der Waals surface area contributed by atoms with E-state index in [0.29, 0.717) is 13.2 Å². The second-order valence-electron chi connectivity index (χ2n) is 8.89. The lowest BCUT2D eigenvalue weighted by Crippen LogP contribution is -2.44. The van der Waals surface area contributed by atoms with E-state index in [9.17, 15) is 0 Å². The summed E-state index contributed by atoms with van der Waals surface area (Å²) in [5, 5.41) is 2.41. The van der Waals surface area contributed by atoms with E-state index in [2.05, 4.69) is 30.3 Å². The minimum atomic E-state index is -0.697. The zero-order valence-corrected chi connectivity index (χ0v) is 17.3. The number of fused-ring (bicyclic) bond motifs is 2. The van der Waals surface area contributed by atoms with Crippen LogP contribution >= 0.6 is 0 Å². The molecule has 0 radical (unpaired) electrons. The van der Waals surface area contributed by atoms with Crippen molar-refractivity contribution in [2.75, 3.05) is 6.61 Å². The van der Waals surface area contributed by atoms with Crippen molar-refractivity contribution < 1.29 is 28.4 Å². The summed E-state index contributed by atoms with van der Waals surface area (Å²) in [7, 11) is 0. The largest absolute Gasteiger partial charge is 0.368 e. The maximum absolute atomic E-state index is 6.37. The summed E-state index contributed by atoms with van der Waals surface area (Å²) in [6, 6.07) is 14.7. The summed E-state index contributed by atoms with van der Waals surface area (Å²) in [5.41, 5.74) is 1.10. The Morgan fingerprint density at radius 1 is 0.897 bits per heavy atom. The molecule has 5 atom stereocenters. The quantitative estimate of drug-likeness (QED) is 0.779. The van der Waals surface area contributed by atoms with Crippen molar-refractivity contribution in [2.24, 2.45) is 0 Å². The summed E-state index contributed by atoms with van der Waals surface area (Å²) < 4.78 is 36.4. The molecule has 6 heteroatoms. The number of hydrogen-bond acceptors (Lipinski definition) is 6. The summed E-state index contributed by atoms with van der Waals surface area (Å²) >= 11 is 0. The highest BCUT2D eigenvalue weighted by Gasteiger charge is 2.58. The van der Waals surface area contributed by atoms with Gasteiger partial charge < -0.3 is 28.4 Å². The zero-order valence-electron chi connectivity index (χ0n) is 17.3. The minimum absolute atomic E-state index is 0.229. The molecule has 0 saturated carbocycles. The van der Waals surface area contributed by atoms with Gasteiger partial charge in [0.25, 0.3) is 0 Å². The van der Waals surface area contributed by atoms with Crippen LogP contribution in [0.25, 0.3) is 10.8 Å². The van der Waals surface area contributed by atoms with Gasteiger partial charge in [-0.3, -0.25) is 0 Å². The van der Waals surface area contributed by atoms with E-state index in [-0.39, 0.29) is 24.4 Å². The number of ether oxygens (including phenoxy) is 6. The fourth-order valence-electron chi connectivity index (χ4n) is 4.39. The Kier molecular flexibility index (Phi) is 4.70. The van der Waals surface area contributed by atoms with Crippen LogP contribution in [0.1, 0.15) is 33.3 Å². The zero-order chi connectivity index (χ0) is 20.2. The maximum Gasteiger partial charge on any atom is 0.190 e. The summed E-state index contributed by atoms with van der Waals surface area (Å²) in [6.45, 7) is 8.51. The highest BCUT2D eigenvalue weighted by molar-refractivity contribution is 5.82. The monoisotopic (exact) mass is 400 g/mol. The van der Waals surface area contributed by atoms with E-state index < -0.39 is 17.9 Å². The topological polar surface area (TPSA) is 55.4 Å². The molecule has 0 aliphatic carbocycles. The van der Waals surface area contributed by atoms with Gasteiger partial charge in [0, 0.05) is 0 Å². The lowest BCUT2D eigenvalue weighted by Gasteiger charge is -2.29. The molecule has 3 heterocycles. The van der Waals surface area contributed by atoms with Crippen molar-refractivity contribution in [2.45, 2.75) is 76.6 Å². The summed E-state index contributed by atoms with van der Waals surface area (Å²) in [6.07, 6.45) is -1.63. The van der Waals surface area contributed by atoms with Crippen LogP contribution in [0, 0.1) is 0 Å². The minimum Gasteiger partial charge on any atom is -0.368 e. The Morgan fingerprint density at radius 3 is 2.45 bits per heavy atom. The van der Waals surface area contributed by atoms with Crippen molar-refractivity contribution in [3.05, 3.63) is 48.0 Å². The third-order valence-electron chi connectivity index (χ3n) is 5.68. The van der Waals surface area contributed by atoms with Crippen LogP contribution in [-0.4, -0.2) is 48.9 Å². The van der Waals surface area contributed by atoms with Crippen LogP contribution in [0.4, 0.5) is 0 Å². The number of benzene rings is 2. The molecule has 156 valence electrons. The molecule has 5 rings (SSSR count). The van der Waals surface area contributed by atoms with Crippen LogP contribution in [0.15, 0.2) is 42.5 Å². The molecule has 6 nitrogen and oxygen atoms in total. The standard InChI is InChI=1S/C23H28O6/c1-22(2)25-13-17(27-22)18-19(20-21(26-18)29-23(3,4)28-20)24-12-14-9-10-15-7-5-6-8-16(15)11-14/h5-11,17-21H,12-13H2,1-4H3/t17-,18-,19?,20+,21-/m1/s1. The van der Waals surface area contributed by atoms with Gasteiger partial charge >= 0.3 is 0 Å². The average Bonchev–Trinajstić information content (AvgIpc) is 3.28. The molecule has 3 fully saturated rings. The first-order chi connectivity index (χ1) is 13.8. The SMILES string of the molecule is CC1(C)OC[C@H]([C@H]2O[C@@H]3OC(C)(C)O[C@H]3C2OCc2ccc3ccccc3c2)O1. The van der Waals surface area contributed by atoms with E-state index in [0.717, 1.165) is 5.56 Å². The molecule has 0 aromatic heterocycles. The van der Waals surface area contributed by atoms with E-state index in [1.807, 2.05) is 39.8 Å². The third-order valence-corrected chi connectivity index (χ3v) is 5.68. The molecule has 2 aromatic rings. The Balaban J connectivity index is 1.35. The number of hydrogen-bond donors (Lipinski definition) is 0. The fourth-order valence-corrected chi connectivity index (χ4v) is 4.39. The van der Waals surface area contributed by atoms with Gasteiger partial charge in [0.1, 0.15) is 24.4 Å². The molecule has 0 spiro atoms. The van der Waals surface area contributed by atoms with Crippen LogP contribution < -0.4 is 0 Å². The smallest absolute Gasteiger partial charge is 0.190 e. The summed E-state index contributed by atoms with van der Waals surface area (Å²) in [5.74, 6) is -1.33. The predicted molar refractivity (Wildman–Crippen MR) is 106 cm³/mol. The second kappa shape index (κ2) is 7.01. The highest BCUT2D eigenvalue weighted by Crippen LogP contribution is 2.42. The first-order valence-electron chi connectivity index (χ1n) is 10.2. The molecule has 0 N–H and O–H groups in total. The normalized spacial score (nSPS) is 35.2. The van der Waals surface area contributed by atoms with Gasteiger partial charge in [0.05, 0.1) is 13.2 Å². The Hall–Kier alpha value is -1.54. The number of rotatable bonds is 4. The molecule has 3 aliphatic heterocycles. The highest BCUT2D eigenvalue weighted by atomic mass is 16.8. The van der Waals surface area contributed by atoms with Gasteiger partial charge in [-0.2, -0.15) is 0 Å². The van der Waals surface area contributed by atoms with Crippen LogP contribution in [0.2, 0.25) is 0 Å². The van der Waals surface area contributed by atoms with E-state index in [1.165, 1.54) is 10.8 Å². The molecule has 3 aliphatic rings. The van der Waals surface area contributed by atoms with Gasteiger partial charge in [-0.15, -0.1) is 0 Å². The van der Waals surface area contributed by atoms with Gasteiger partial charge in [0.15, 0.2) is 17.9 Å². The van der Waals surface area contributed by atoms with E-state index >= 15 is 0 Å². The lowest BCUT2D eigenvalue weighted by atomic mass is 10.1. The van der Waals surface area contributed by atoms with Crippen LogP contribution in [-0.2, 0) is 35.0 Å². The third kappa shape index (κ3) is 3.81. The molecule has 0 bridgehead atoms. The van der Waals surface area contributed by atoms with Crippen molar-refractivity contribution in [3.8, 4) is 0 Å². The molecular formula is C23H28O6. The molecule has 2 aromatic carbocycles. The fraction of sp³-hybridized carbons (Fsp3) is 0.565. The molecule has 3 saturated heterocycles. The van der Waals surface area contributed by atoms with Gasteiger partial charge in [-0.1, -0.05) is 36.4 Å². The maximum atomic E-state index is 6.37. The van der Waals surface area contributed by atoms with Crippen molar-refractivity contribution >= 4 is 10.8 Å². The Morgan fingerprint density at radius 2 is 1.69 bits per heavy atom. The predicted octanol–water partition coefficient (Wildman–Crippen LogP) is 3.75. The molecular weight excluding hydrogens is 372 g/mol. The molecule has 29 heavy (non-hydrogen) atoms. The van der Waals surface area contributed by atoms with Crippen LogP contribution in [0.5, 0.6) is 0 Å². The molecule has 0 amide bonds.